The minimum atomic E-state index is 0.234. The van der Waals surface area contributed by atoms with Crippen LogP contribution in [0.1, 0.15) is 25.5 Å². The van der Waals surface area contributed by atoms with Crippen LogP contribution < -0.4 is 5.73 Å². The second kappa shape index (κ2) is 1.89. The van der Waals surface area contributed by atoms with E-state index in [0.717, 1.165) is 5.76 Å². The van der Waals surface area contributed by atoms with E-state index in [0.29, 0.717) is 5.92 Å². The smallest absolute Gasteiger partial charge is 0.109 e. The number of hydrogen-bond acceptors (Lipinski definition) is 2. The van der Waals surface area contributed by atoms with Crippen LogP contribution in [0, 0.1) is 5.41 Å². The Labute approximate surface area is 66.4 Å². The van der Waals surface area contributed by atoms with Crippen molar-refractivity contribution >= 4 is 0 Å². The third-order valence-corrected chi connectivity index (χ3v) is 2.76. The Morgan fingerprint density at radius 3 is 2.55 bits per heavy atom. The van der Waals surface area contributed by atoms with Crippen molar-refractivity contribution in [2.45, 2.75) is 25.8 Å². The maximum Gasteiger partial charge on any atom is 0.109 e. The van der Waals surface area contributed by atoms with Crippen LogP contribution in [-0.2, 0) is 0 Å². The first-order chi connectivity index (χ1) is 5.14. The van der Waals surface area contributed by atoms with Gasteiger partial charge in [-0.15, -0.1) is 0 Å². The van der Waals surface area contributed by atoms with Crippen molar-refractivity contribution in [1.82, 2.24) is 0 Å². The second-order valence-corrected chi connectivity index (χ2v) is 3.84. The summed E-state index contributed by atoms with van der Waals surface area (Å²) in [4.78, 5) is 0. The highest BCUT2D eigenvalue weighted by molar-refractivity contribution is 5.26. The zero-order valence-electron chi connectivity index (χ0n) is 6.87. The fourth-order valence-electron chi connectivity index (χ4n) is 1.69. The molecule has 2 N–H and O–H groups in total. The zero-order chi connectivity index (χ0) is 8.06. The highest BCUT2D eigenvalue weighted by Gasteiger charge is 2.57. The normalized spacial score (nSPS) is 33.7. The van der Waals surface area contributed by atoms with E-state index in [-0.39, 0.29) is 11.5 Å². The van der Waals surface area contributed by atoms with E-state index in [1.54, 1.807) is 6.26 Å². The van der Waals surface area contributed by atoms with Gasteiger partial charge in [-0.3, -0.25) is 0 Å². The monoisotopic (exact) mass is 151 g/mol. The van der Waals surface area contributed by atoms with Crippen LogP contribution in [0.2, 0.25) is 0 Å². The third kappa shape index (κ3) is 0.824. The summed E-state index contributed by atoms with van der Waals surface area (Å²) in [6, 6.07) is 4.18. The molecule has 1 fully saturated rings. The number of furan rings is 1. The predicted molar refractivity (Wildman–Crippen MR) is 43.2 cm³/mol. The molecule has 2 heteroatoms. The summed E-state index contributed by atoms with van der Waals surface area (Å²) in [6.07, 6.45) is 1.70. The first-order valence-corrected chi connectivity index (χ1v) is 3.93. The number of nitrogens with two attached hydrogens (primary N) is 1. The quantitative estimate of drug-likeness (QED) is 0.663. The summed E-state index contributed by atoms with van der Waals surface area (Å²) in [5.74, 6) is 1.46. The lowest BCUT2D eigenvalue weighted by Crippen LogP contribution is -2.06. The standard InChI is InChI=1S/C9H13NO/c1-9(2)7(8(9)10)6-4-3-5-11-6/h3-5,7-8H,10H2,1-2H3. The lowest BCUT2D eigenvalue weighted by Gasteiger charge is -1.96. The lowest BCUT2D eigenvalue weighted by molar-refractivity contribution is 0.482. The van der Waals surface area contributed by atoms with Crippen LogP contribution in [0.5, 0.6) is 0 Å². The van der Waals surface area contributed by atoms with Crippen molar-refractivity contribution in [2.75, 3.05) is 0 Å². The lowest BCUT2D eigenvalue weighted by atomic mass is 10.1. The Hall–Kier alpha value is -0.760. The summed E-state index contributed by atoms with van der Waals surface area (Å²) in [6.45, 7) is 4.34. The summed E-state index contributed by atoms with van der Waals surface area (Å²) >= 11 is 0. The van der Waals surface area contributed by atoms with Crippen LogP contribution in [-0.4, -0.2) is 6.04 Å². The van der Waals surface area contributed by atoms with Gasteiger partial charge in [-0.05, 0) is 17.5 Å². The Morgan fingerprint density at radius 1 is 1.55 bits per heavy atom. The van der Waals surface area contributed by atoms with Crippen LogP contribution in [0.25, 0.3) is 0 Å². The fourth-order valence-corrected chi connectivity index (χ4v) is 1.69. The Kier molecular flexibility index (Phi) is 1.19. The molecule has 0 bridgehead atoms. The first-order valence-electron chi connectivity index (χ1n) is 3.93. The Bertz CT molecular complexity index is 251. The molecule has 0 radical (unpaired) electrons. The SMILES string of the molecule is CC1(C)C(N)C1c1ccco1. The minimum Gasteiger partial charge on any atom is -0.469 e. The zero-order valence-corrected chi connectivity index (χ0v) is 6.87. The van der Waals surface area contributed by atoms with Gasteiger partial charge in [0.2, 0.25) is 0 Å². The van der Waals surface area contributed by atoms with Gasteiger partial charge in [0.1, 0.15) is 5.76 Å². The van der Waals surface area contributed by atoms with E-state index in [2.05, 4.69) is 13.8 Å². The van der Waals surface area contributed by atoms with Gasteiger partial charge in [-0.2, -0.15) is 0 Å². The Balaban J connectivity index is 2.23. The molecule has 1 saturated carbocycles. The van der Waals surface area contributed by atoms with Gasteiger partial charge in [0, 0.05) is 12.0 Å². The van der Waals surface area contributed by atoms with E-state index in [1.165, 1.54) is 0 Å². The Morgan fingerprint density at radius 2 is 2.18 bits per heavy atom. The molecular weight excluding hydrogens is 138 g/mol. The predicted octanol–water partition coefficient (Wildman–Crippen LogP) is 1.73. The van der Waals surface area contributed by atoms with E-state index in [9.17, 15) is 0 Å². The minimum absolute atomic E-state index is 0.234. The molecule has 0 saturated heterocycles. The first kappa shape index (κ1) is 6.92. The molecule has 0 spiro atoms. The van der Waals surface area contributed by atoms with Gasteiger partial charge >= 0.3 is 0 Å². The van der Waals surface area contributed by atoms with Gasteiger partial charge in [0.25, 0.3) is 0 Å². The second-order valence-electron chi connectivity index (χ2n) is 3.84. The molecule has 1 aromatic heterocycles. The molecule has 1 aliphatic rings. The summed E-state index contributed by atoms with van der Waals surface area (Å²) < 4.78 is 5.28. The van der Waals surface area contributed by atoms with Crippen LogP contribution in [0.3, 0.4) is 0 Å². The highest BCUT2D eigenvalue weighted by Crippen LogP contribution is 2.57. The van der Waals surface area contributed by atoms with E-state index >= 15 is 0 Å². The molecule has 2 unspecified atom stereocenters. The number of hydrogen-bond donors (Lipinski definition) is 1. The van der Waals surface area contributed by atoms with Crippen LogP contribution in [0.15, 0.2) is 22.8 Å². The van der Waals surface area contributed by atoms with Crippen molar-refractivity contribution in [3.05, 3.63) is 24.2 Å². The molecule has 11 heavy (non-hydrogen) atoms. The molecule has 1 aliphatic carbocycles. The molecule has 0 aliphatic heterocycles. The average molecular weight is 151 g/mol. The largest absolute Gasteiger partial charge is 0.469 e. The van der Waals surface area contributed by atoms with E-state index < -0.39 is 0 Å². The maximum absolute atomic E-state index is 5.88. The van der Waals surface area contributed by atoms with Crippen molar-refractivity contribution < 1.29 is 4.42 Å². The van der Waals surface area contributed by atoms with Crippen LogP contribution in [0.4, 0.5) is 0 Å². The van der Waals surface area contributed by atoms with Gasteiger partial charge in [0.15, 0.2) is 0 Å². The van der Waals surface area contributed by atoms with Gasteiger partial charge in [-0.1, -0.05) is 13.8 Å². The van der Waals surface area contributed by atoms with E-state index in [1.807, 2.05) is 12.1 Å². The molecule has 2 rings (SSSR count). The highest BCUT2D eigenvalue weighted by atomic mass is 16.3. The van der Waals surface area contributed by atoms with Crippen LogP contribution >= 0.6 is 0 Å². The molecular formula is C9H13NO. The summed E-state index contributed by atoms with van der Waals surface area (Å²) in [5, 5.41) is 0. The van der Waals surface area contributed by atoms with Gasteiger partial charge < -0.3 is 10.2 Å². The van der Waals surface area contributed by atoms with Gasteiger partial charge in [0.05, 0.1) is 6.26 Å². The molecule has 2 atom stereocenters. The van der Waals surface area contributed by atoms with Crippen molar-refractivity contribution in [3.8, 4) is 0 Å². The molecule has 0 aromatic carbocycles. The summed E-state index contributed by atoms with van der Waals surface area (Å²) in [5.41, 5.74) is 6.11. The molecule has 0 amide bonds. The topological polar surface area (TPSA) is 39.2 Å². The third-order valence-electron chi connectivity index (χ3n) is 2.76. The molecule has 60 valence electrons. The maximum atomic E-state index is 5.88. The molecule has 1 aromatic rings. The van der Waals surface area contributed by atoms with Crippen molar-refractivity contribution in [2.24, 2.45) is 11.1 Å². The van der Waals surface area contributed by atoms with Gasteiger partial charge in [-0.25, -0.2) is 0 Å². The van der Waals surface area contributed by atoms with E-state index in [4.69, 9.17) is 10.2 Å². The molecule has 1 heterocycles. The van der Waals surface area contributed by atoms with Crippen molar-refractivity contribution in [3.63, 3.8) is 0 Å². The summed E-state index contributed by atoms with van der Waals surface area (Å²) in [7, 11) is 0. The fraction of sp³-hybridized carbons (Fsp3) is 0.556. The van der Waals surface area contributed by atoms with Crippen molar-refractivity contribution in [1.29, 1.82) is 0 Å². The molecule has 2 nitrogen and oxygen atoms in total. The average Bonchev–Trinajstić information content (AvgIpc) is 2.40. The number of rotatable bonds is 1.